The van der Waals surface area contributed by atoms with Crippen LogP contribution in [0.15, 0.2) is 12.3 Å². The van der Waals surface area contributed by atoms with E-state index < -0.39 is 0 Å². The Morgan fingerprint density at radius 2 is 2.07 bits per heavy atom. The summed E-state index contributed by atoms with van der Waals surface area (Å²) in [6.45, 7) is 5.09. The van der Waals surface area contributed by atoms with Crippen LogP contribution in [0, 0.1) is 0 Å². The van der Waals surface area contributed by atoms with Gasteiger partial charge in [-0.05, 0) is 31.6 Å². The van der Waals surface area contributed by atoms with Crippen molar-refractivity contribution in [1.82, 2.24) is 9.88 Å². The third-order valence-corrected chi connectivity index (χ3v) is 2.05. The molecule has 1 aromatic rings. The van der Waals surface area contributed by atoms with E-state index in [1.54, 1.807) is 0 Å². The molecule has 1 heterocycles. The molecule has 14 heavy (non-hydrogen) atoms. The summed E-state index contributed by atoms with van der Waals surface area (Å²) >= 11 is 0. The number of nitrogen functional groups attached to an aromatic ring is 1. The smallest absolute Gasteiger partial charge is 0.0658 e. The number of pyridine rings is 1. The van der Waals surface area contributed by atoms with Gasteiger partial charge in [0.1, 0.15) is 0 Å². The summed E-state index contributed by atoms with van der Waals surface area (Å²) < 4.78 is 0. The van der Waals surface area contributed by atoms with Gasteiger partial charge in [-0.2, -0.15) is 0 Å². The molecular weight excluding hydrogens is 174 g/mol. The summed E-state index contributed by atoms with van der Waals surface area (Å²) in [6.07, 6.45) is 1.91. The second kappa shape index (κ2) is 4.42. The van der Waals surface area contributed by atoms with Gasteiger partial charge in [0.05, 0.1) is 11.4 Å². The SMILES string of the molecule is CC(C)c1ncc(CN(C)C)cc1N. The van der Waals surface area contributed by atoms with Crippen LogP contribution in [-0.2, 0) is 6.54 Å². The van der Waals surface area contributed by atoms with Gasteiger partial charge in [0.2, 0.25) is 0 Å². The summed E-state index contributed by atoms with van der Waals surface area (Å²) in [4.78, 5) is 6.48. The van der Waals surface area contributed by atoms with Crippen molar-refractivity contribution >= 4 is 5.69 Å². The minimum atomic E-state index is 0.392. The summed E-state index contributed by atoms with van der Waals surface area (Å²) in [5.41, 5.74) is 8.88. The Balaban J connectivity index is 2.89. The molecule has 0 saturated heterocycles. The first-order chi connectivity index (χ1) is 6.50. The van der Waals surface area contributed by atoms with E-state index in [0.717, 1.165) is 23.5 Å². The average molecular weight is 193 g/mol. The minimum Gasteiger partial charge on any atom is -0.397 e. The molecule has 0 fully saturated rings. The Bertz CT molecular complexity index is 305. The summed E-state index contributed by atoms with van der Waals surface area (Å²) in [5.74, 6) is 0.392. The van der Waals surface area contributed by atoms with Crippen LogP contribution in [0.25, 0.3) is 0 Å². The molecule has 0 aliphatic heterocycles. The number of anilines is 1. The highest BCUT2D eigenvalue weighted by molar-refractivity contribution is 5.46. The summed E-state index contributed by atoms with van der Waals surface area (Å²) in [6, 6.07) is 2.02. The lowest BCUT2D eigenvalue weighted by Gasteiger charge is -2.12. The van der Waals surface area contributed by atoms with Crippen LogP contribution in [0.3, 0.4) is 0 Å². The first-order valence-corrected chi connectivity index (χ1v) is 4.89. The maximum absolute atomic E-state index is 5.92. The fourth-order valence-electron chi connectivity index (χ4n) is 1.47. The molecule has 0 bridgehead atoms. The van der Waals surface area contributed by atoms with Crippen molar-refractivity contribution in [3.8, 4) is 0 Å². The van der Waals surface area contributed by atoms with Crippen molar-refractivity contribution in [2.75, 3.05) is 19.8 Å². The van der Waals surface area contributed by atoms with Crippen molar-refractivity contribution in [3.63, 3.8) is 0 Å². The molecule has 3 nitrogen and oxygen atoms in total. The van der Waals surface area contributed by atoms with E-state index in [1.807, 2.05) is 26.4 Å². The number of nitrogens with zero attached hydrogens (tertiary/aromatic N) is 2. The lowest BCUT2D eigenvalue weighted by atomic mass is 10.1. The minimum absolute atomic E-state index is 0.392. The Morgan fingerprint density at radius 3 is 2.50 bits per heavy atom. The van der Waals surface area contributed by atoms with Gasteiger partial charge in [0, 0.05) is 12.7 Å². The fourth-order valence-corrected chi connectivity index (χ4v) is 1.47. The van der Waals surface area contributed by atoms with E-state index in [0.29, 0.717) is 5.92 Å². The highest BCUT2D eigenvalue weighted by Crippen LogP contribution is 2.19. The van der Waals surface area contributed by atoms with Gasteiger partial charge in [0.15, 0.2) is 0 Å². The van der Waals surface area contributed by atoms with Crippen LogP contribution in [-0.4, -0.2) is 24.0 Å². The molecule has 0 spiro atoms. The molecule has 0 aromatic carbocycles. The van der Waals surface area contributed by atoms with Gasteiger partial charge < -0.3 is 10.6 Å². The van der Waals surface area contributed by atoms with Gasteiger partial charge in [-0.25, -0.2) is 0 Å². The lowest BCUT2D eigenvalue weighted by molar-refractivity contribution is 0.402. The van der Waals surface area contributed by atoms with E-state index in [-0.39, 0.29) is 0 Å². The first kappa shape index (κ1) is 11.0. The summed E-state index contributed by atoms with van der Waals surface area (Å²) in [7, 11) is 4.07. The van der Waals surface area contributed by atoms with Crippen LogP contribution in [0.4, 0.5) is 5.69 Å². The van der Waals surface area contributed by atoms with Crippen molar-refractivity contribution in [2.24, 2.45) is 0 Å². The number of rotatable bonds is 3. The number of nitrogens with two attached hydrogens (primary N) is 1. The highest BCUT2D eigenvalue weighted by atomic mass is 15.0. The zero-order valence-corrected chi connectivity index (χ0v) is 9.41. The second-order valence-electron chi connectivity index (χ2n) is 4.21. The molecule has 0 aliphatic carbocycles. The molecule has 0 amide bonds. The quantitative estimate of drug-likeness (QED) is 0.796. The molecule has 0 radical (unpaired) electrons. The standard InChI is InChI=1S/C11H19N3/c1-8(2)11-10(12)5-9(6-13-11)7-14(3)4/h5-6,8H,7,12H2,1-4H3. The molecule has 0 saturated carbocycles. The third-order valence-electron chi connectivity index (χ3n) is 2.05. The zero-order chi connectivity index (χ0) is 10.7. The fraction of sp³-hybridized carbons (Fsp3) is 0.545. The van der Waals surface area contributed by atoms with E-state index in [4.69, 9.17) is 5.73 Å². The van der Waals surface area contributed by atoms with Crippen LogP contribution >= 0.6 is 0 Å². The van der Waals surface area contributed by atoms with Gasteiger partial charge >= 0.3 is 0 Å². The van der Waals surface area contributed by atoms with Crippen molar-refractivity contribution < 1.29 is 0 Å². The maximum Gasteiger partial charge on any atom is 0.0658 e. The Labute approximate surface area is 85.9 Å². The predicted octanol–water partition coefficient (Wildman–Crippen LogP) is 1.85. The van der Waals surface area contributed by atoms with Crippen LogP contribution in [0.2, 0.25) is 0 Å². The molecule has 78 valence electrons. The molecule has 2 N–H and O–H groups in total. The van der Waals surface area contributed by atoms with Crippen LogP contribution in [0.5, 0.6) is 0 Å². The molecule has 3 heteroatoms. The summed E-state index contributed by atoms with van der Waals surface area (Å²) in [5, 5.41) is 0. The Kier molecular flexibility index (Phi) is 3.47. The van der Waals surface area contributed by atoms with E-state index in [2.05, 4.69) is 23.7 Å². The molecule has 1 rings (SSSR count). The molecular formula is C11H19N3. The van der Waals surface area contributed by atoms with Gasteiger partial charge in [0.25, 0.3) is 0 Å². The Hall–Kier alpha value is -1.09. The normalized spacial score (nSPS) is 11.3. The number of hydrogen-bond acceptors (Lipinski definition) is 3. The van der Waals surface area contributed by atoms with Gasteiger partial charge in [-0.3, -0.25) is 4.98 Å². The molecule has 0 aliphatic rings. The Morgan fingerprint density at radius 1 is 1.43 bits per heavy atom. The predicted molar refractivity (Wildman–Crippen MR) is 60.1 cm³/mol. The van der Waals surface area contributed by atoms with Gasteiger partial charge in [-0.1, -0.05) is 13.8 Å². The maximum atomic E-state index is 5.92. The third kappa shape index (κ3) is 2.70. The van der Waals surface area contributed by atoms with Gasteiger partial charge in [-0.15, -0.1) is 0 Å². The molecule has 1 aromatic heterocycles. The van der Waals surface area contributed by atoms with Crippen LogP contribution < -0.4 is 5.73 Å². The largest absolute Gasteiger partial charge is 0.397 e. The first-order valence-electron chi connectivity index (χ1n) is 4.89. The monoisotopic (exact) mass is 193 g/mol. The second-order valence-corrected chi connectivity index (χ2v) is 4.21. The number of aromatic nitrogens is 1. The van der Waals surface area contributed by atoms with E-state index in [9.17, 15) is 0 Å². The molecule has 0 atom stereocenters. The van der Waals surface area contributed by atoms with E-state index >= 15 is 0 Å². The van der Waals surface area contributed by atoms with Crippen molar-refractivity contribution in [1.29, 1.82) is 0 Å². The number of hydrogen-bond donors (Lipinski definition) is 1. The van der Waals surface area contributed by atoms with Crippen molar-refractivity contribution in [2.45, 2.75) is 26.3 Å². The lowest BCUT2D eigenvalue weighted by Crippen LogP contribution is -2.12. The highest BCUT2D eigenvalue weighted by Gasteiger charge is 2.06. The van der Waals surface area contributed by atoms with Crippen LogP contribution in [0.1, 0.15) is 31.0 Å². The van der Waals surface area contributed by atoms with Crippen molar-refractivity contribution in [3.05, 3.63) is 23.5 Å². The molecule has 0 unspecified atom stereocenters. The topological polar surface area (TPSA) is 42.2 Å². The van der Waals surface area contributed by atoms with E-state index in [1.165, 1.54) is 0 Å². The zero-order valence-electron chi connectivity index (χ0n) is 9.41. The average Bonchev–Trinajstić information content (AvgIpc) is 2.01.